The van der Waals surface area contributed by atoms with E-state index < -0.39 is 0 Å². The molecule has 0 aromatic carbocycles. The molecule has 0 bridgehead atoms. The van der Waals surface area contributed by atoms with E-state index in [0.717, 1.165) is 51.4 Å². The lowest BCUT2D eigenvalue weighted by molar-refractivity contribution is 0.179. The molecular formula is C16H33N3O. The Hall–Kier alpha value is -0.840. The molecule has 0 aliphatic carbocycles. The number of nitrogens with zero attached hydrogens (tertiary/aromatic N) is 2. The minimum absolute atomic E-state index is 0.237. The molecule has 0 aliphatic rings. The first-order valence-corrected chi connectivity index (χ1v) is 7.74. The van der Waals surface area contributed by atoms with Crippen LogP contribution in [0.3, 0.4) is 0 Å². The first kappa shape index (κ1) is 19.2. The van der Waals surface area contributed by atoms with Crippen LogP contribution in [0.25, 0.3) is 0 Å². The average Bonchev–Trinajstić information content (AvgIpc) is 2.45. The van der Waals surface area contributed by atoms with Gasteiger partial charge in [0, 0.05) is 31.9 Å². The van der Waals surface area contributed by atoms with Gasteiger partial charge in [-0.3, -0.25) is 4.90 Å². The maximum absolute atomic E-state index is 9.01. The summed E-state index contributed by atoms with van der Waals surface area (Å²) in [5.41, 5.74) is 7.93. The molecule has 0 atom stereocenters. The third kappa shape index (κ3) is 9.13. The Kier molecular flexibility index (Phi) is 11.4. The van der Waals surface area contributed by atoms with Crippen LogP contribution in [0, 0.1) is 0 Å². The quantitative estimate of drug-likeness (QED) is 0.568. The van der Waals surface area contributed by atoms with E-state index in [4.69, 9.17) is 10.8 Å². The zero-order chi connectivity index (χ0) is 15.4. The molecule has 0 saturated heterocycles. The van der Waals surface area contributed by atoms with E-state index in [1.54, 1.807) is 0 Å². The second-order valence-corrected chi connectivity index (χ2v) is 5.12. The molecule has 4 heteroatoms. The van der Waals surface area contributed by atoms with Gasteiger partial charge >= 0.3 is 0 Å². The molecule has 0 unspecified atom stereocenters. The molecule has 0 heterocycles. The number of aliphatic hydroxyl groups excluding tert-OH is 1. The summed E-state index contributed by atoms with van der Waals surface area (Å²) < 4.78 is 0. The van der Waals surface area contributed by atoms with Crippen LogP contribution in [-0.2, 0) is 0 Å². The molecule has 3 N–H and O–H groups in total. The molecule has 0 aromatic rings. The molecule has 0 amide bonds. The van der Waals surface area contributed by atoms with Crippen LogP contribution < -0.4 is 5.73 Å². The summed E-state index contributed by atoms with van der Waals surface area (Å²) in [6, 6.07) is 0. The Balaban J connectivity index is 4.37. The molecule has 0 aliphatic heterocycles. The minimum atomic E-state index is 0.237. The van der Waals surface area contributed by atoms with Gasteiger partial charge in [-0.1, -0.05) is 32.4 Å². The minimum Gasteiger partial charge on any atom is -0.402 e. The van der Waals surface area contributed by atoms with Crippen molar-refractivity contribution in [3.63, 3.8) is 0 Å². The normalized spacial score (nSPS) is 13.6. The van der Waals surface area contributed by atoms with Crippen LogP contribution in [-0.4, -0.2) is 60.8 Å². The van der Waals surface area contributed by atoms with Gasteiger partial charge < -0.3 is 15.7 Å². The number of rotatable bonds is 11. The SMILES string of the molecule is CC/C(=C\C=C(\C)N)CN(CC)CCN(CC)CCO. The standard InChI is InChI=1S/C16H33N3O/c1-5-16(9-8-15(4)17)14-19(7-3)11-10-18(6-2)12-13-20/h8-9,20H,5-7,10-14,17H2,1-4H3/b15-8-,16-9+. The fourth-order valence-corrected chi connectivity index (χ4v) is 2.02. The maximum atomic E-state index is 9.01. The van der Waals surface area contributed by atoms with E-state index in [0.29, 0.717) is 0 Å². The van der Waals surface area contributed by atoms with E-state index in [1.165, 1.54) is 5.57 Å². The van der Waals surface area contributed by atoms with Crippen LogP contribution in [0.15, 0.2) is 23.4 Å². The van der Waals surface area contributed by atoms with Gasteiger partial charge in [0.1, 0.15) is 0 Å². The van der Waals surface area contributed by atoms with Crippen LogP contribution >= 0.6 is 0 Å². The van der Waals surface area contributed by atoms with Crippen molar-refractivity contribution in [2.24, 2.45) is 5.73 Å². The zero-order valence-corrected chi connectivity index (χ0v) is 13.7. The van der Waals surface area contributed by atoms with E-state index in [-0.39, 0.29) is 6.61 Å². The number of nitrogens with two attached hydrogens (primary N) is 1. The second kappa shape index (κ2) is 11.9. The molecule has 0 rings (SSSR count). The van der Waals surface area contributed by atoms with E-state index in [1.807, 2.05) is 13.0 Å². The monoisotopic (exact) mass is 283 g/mol. The Morgan fingerprint density at radius 1 is 1.00 bits per heavy atom. The fourth-order valence-electron chi connectivity index (χ4n) is 2.02. The number of hydrogen-bond acceptors (Lipinski definition) is 4. The molecule has 20 heavy (non-hydrogen) atoms. The largest absolute Gasteiger partial charge is 0.402 e. The Morgan fingerprint density at radius 2 is 1.60 bits per heavy atom. The first-order valence-electron chi connectivity index (χ1n) is 7.74. The summed E-state index contributed by atoms with van der Waals surface area (Å²) in [6.07, 6.45) is 5.18. The van der Waals surface area contributed by atoms with E-state index in [9.17, 15) is 0 Å². The Bertz CT molecular complexity index is 296. The van der Waals surface area contributed by atoms with Gasteiger partial charge in [-0.15, -0.1) is 0 Å². The lowest BCUT2D eigenvalue weighted by Crippen LogP contribution is -2.37. The summed E-state index contributed by atoms with van der Waals surface area (Å²) in [5.74, 6) is 0. The lowest BCUT2D eigenvalue weighted by atomic mass is 10.1. The molecule has 118 valence electrons. The summed E-state index contributed by atoms with van der Waals surface area (Å²) in [6.45, 7) is 14.5. The highest BCUT2D eigenvalue weighted by Gasteiger charge is 2.07. The highest BCUT2D eigenvalue weighted by molar-refractivity contribution is 5.16. The van der Waals surface area contributed by atoms with Crippen molar-refractivity contribution in [3.05, 3.63) is 23.4 Å². The van der Waals surface area contributed by atoms with Gasteiger partial charge in [0.2, 0.25) is 0 Å². The highest BCUT2D eigenvalue weighted by Crippen LogP contribution is 2.05. The van der Waals surface area contributed by atoms with Crippen LogP contribution in [0.1, 0.15) is 34.1 Å². The van der Waals surface area contributed by atoms with Gasteiger partial charge in [-0.2, -0.15) is 0 Å². The van der Waals surface area contributed by atoms with Gasteiger partial charge in [0.25, 0.3) is 0 Å². The van der Waals surface area contributed by atoms with Crippen molar-refractivity contribution in [1.29, 1.82) is 0 Å². The Morgan fingerprint density at radius 3 is 2.05 bits per heavy atom. The third-order valence-electron chi connectivity index (χ3n) is 3.51. The lowest BCUT2D eigenvalue weighted by Gasteiger charge is -2.26. The van der Waals surface area contributed by atoms with Crippen molar-refractivity contribution in [3.8, 4) is 0 Å². The number of hydrogen-bond donors (Lipinski definition) is 2. The number of aliphatic hydroxyl groups is 1. The Labute approximate surface area is 124 Å². The number of allylic oxidation sites excluding steroid dienone is 3. The third-order valence-corrected chi connectivity index (χ3v) is 3.51. The van der Waals surface area contributed by atoms with Crippen molar-refractivity contribution in [1.82, 2.24) is 9.80 Å². The van der Waals surface area contributed by atoms with Crippen molar-refractivity contribution >= 4 is 0 Å². The van der Waals surface area contributed by atoms with Gasteiger partial charge in [-0.05, 0) is 32.5 Å². The zero-order valence-electron chi connectivity index (χ0n) is 13.7. The molecule has 0 saturated carbocycles. The molecule has 0 spiro atoms. The fraction of sp³-hybridized carbons (Fsp3) is 0.750. The molecule has 0 aromatic heterocycles. The predicted octanol–water partition coefficient (Wildman–Crippen LogP) is 1.82. The average molecular weight is 283 g/mol. The molecule has 4 nitrogen and oxygen atoms in total. The molecule has 0 radical (unpaired) electrons. The summed E-state index contributed by atoms with van der Waals surface area (Å²) in [4.78, 5) is 4.72. The summed E-state index contributed by atoms with van der Waals surface area (Å²) in [7, 11) is 0. The molecule has 0 fully saturated rings. The van der Waals surface area contributed by atoms with Crippen molar-refractivity contribution in [2.45, 2.75) is 34.1 Å². The van der Waals surface area contributed by atoms with Gasteiger partial charge in [-0.25, -0.2) is 0 Å². The summed E-state index contributed by atoms with van der Waals surface area (Å²) >= 11 is 0. The maximum Gasteiger partial charge on any atom is 0.0558 e. The van der Waals surface area contributed by atoms with Crippen LogP contribution in [0.5, 0.6) is 0 Å². The van der Waals surface area contributed by atoms with Gasteiger partial charge in [0.15, 0.2) is 0 Å². The smallest absolute Gasteiger partial charge is 0.0558 e. The highest BCUT2D eigenvalue weighted by atomic mass is 16.3. The van der Waals surface area contributed by atoms with Crippen molar-refractivity contribution in [2.75, 3.05) is 45.9 Å². The van der Waals surface area contributed by atoms with Crippen LogP contribution in [0.4, 0.5) is 0 Å². The topological polar surface area (TPSA) is 52.7 Å². The first-order chi connectivity index (χ1) is 9.57. The number of likely N-dealkylation sites (N-methyl/N-ethyl adjacent to an activating group) is 2. The van der Waals surface area contributed by atoms with E-state index in [2.05, 4.69) is 36.6 Å². The van der Waals surface area contributed by atoms with Crippen molar-refractivity contribution < 1.29 is 5.11 Å². The molecular weight excluding hydrogens is 250 g/mol. The van der Waals surface area contributed by atoms with E-state index >= 15 is 0 Å². The van der Waals surface area contributed by atoms with Crippen LogP contribution in [0.2, 0.25) is 0 Å². The second-order valence-electron chi connectivity index (χ2n) is 5.12. The predicted molar refractivity (Wildman–Crippen MR) is 87.6 cm³/mol. The summed E-state index contributed by atoms with van der Waals surface area (Å²) in [5, 5.41) is 9.01. The van der Waals surface area contributed by atoms with Gasteiger partial charge in [0.05, 0.1) is 6.61 Å².